The molecule has 1 aromatic carbocycles. The number of benzene rings is 1. The minimum Gasteiger partial charge on any atom is -0.326 e. The Hall–Kier alpha value is -0.950. The minimum atomic E-state index is -3.29. The molecule has 6 heteroatoms. The maximum Gasteiger partial charge on any atom is 0.218 e. The van der Waals surface area contributed by atoms with Crippen LogP contribution in [0.1, 0.15) is 18.1 Å². The molecule has 1 atom stereocenters. The van der Waals surface area contributed by atoms with E-state index in [0.717, 1.165) is 24.2 Å². The molecule has 1 aliphatic heterocycles. The molecule has 112 valence electrons. The Labute approximate surface area is 121 Å². The lowest BCUT2D eigenvalue weighted by molar-refractivity contribution is 0.170. The van der Waals surface area contributed by atoms with Gasteiger partial charge in [-0.3, -0.25) is 0 Å². The van der Waals surface area contributed by atoms with Crippen molar-refractivity contribution in [2.45, 2.75) is 25.3 Å². The fraction of sp³-hybridized carbons (Fsp3) is 0.571. The standard InChI is InChI=1S/C14H23N3O2S/c1-12-10-16(2)7-8-17(12)20(18,19)11-14-6-4-3-5-13(14)9-15/h3-6,12H,7-11,15H2,1-2H3. The molecule has 1 aromatic rings. The number of piperazine rings is 1. The van der Waals surface area contributed by atoms with E-state index in [-0.39, 0.29) is 11.8 Å². The normalized spacial score (nSPS) is 22.1. The summed E-state index contributed by atoms with van der Waals surface area (Å²) in [7, 11) is -1.27. The number of nitrogens with zero attached hydrogens (tertiary/aromatic N) is 2. The van der Waals surface area contributed by atoms with Gasteiger partial charge in [-0.15, -0.1) is 0 Å². The second-order valence-corrected chi connectivity index (χ2v) is 7.37. The number of rotatable bonds is 4. The van der Waals surface area contributed by atoms with Gasteiger partial charge in [0.15, 0.2) is 0 Å². The first-order chi connectivity index (χ1) is 9.44. The van der Waals surface area contributed by atoms with Crippen LogP contribution in [-0.4, -0.2) is 50.3 Å². The molecule has 0 saturated carbocycles. The summed E-state index contributed by atoms with van der Waals surface area (Å²) in [6, 6.07) is 7.50. The second kappa shape index (κ2) is 6.22. The van der Waals surface area contributed by atoms with Crippen molar-refractivity contribution >= 4 is 10.0 Å². The van der Waals surface area contributed by atoms with Gasteiger partial charge in [-0.1, -0.05) is 24.3 Å². The SMILES string of the molecule is CC1CN(C)CCN1S(=O)(=O)Cc1ccccc1CN. The van der Waals surface area contributed by atoms with Crippen LogP contribution >= 0.6 is 0 Å². The van der Waals surface area contributed by atoms with Crippen LogP contribution in [0, 0.1) is 0 Å². The van der Waals surface area contributed by atoms with Crippen molar-refractivity contribution in [3.63, 3.8) is 0 Å². The highest BCUT2D eigenvalue weighted by molar-refractivity contribution is 7.88. The molecule has 0 amide bonds. The molecule has 0 aliphatic carbocycles. The highest BCUT2D eigenvalue weighted by atomic mass is 32.2. The van der Waals surface area contributed by atoms with Crippen LogP contribution in [0.15, 0.2) is 24.3 Å². The molecule has 1 unspecified atom stereocenters. The van der Waals surface area contributed by atoms with Crippen molar-refractivity contribution in [2.24, 2.45) is 5.73 Å². The Morgan fingerprint density at radius 3 is 2.50 bits per heavy atom. The van der Waals surface area contributed by atoms with E-state index < -0.39 is 10.0 Å². The van der Waals surface area contributed by atoms with Gasteiger partial charge in [-0.25, -0.2) is 8.42 Å². The zero-order valence-corrected chi connectivity index (χ0v) is 12.9. The van der Waals surface area contributed by atoms with E-state index in [1.54, 1.807) is 4.31 Å². The largest absolute Gasteiger partial charge is 0.326 e. The van der Waals surface area contributed by atoms with Crippen LogP contribution in [0.4, 0.5) is 0 Å². The van der Waals surface area contributed by atoms with Crippen LogP contribution in [0.5, 0.6) is 0 Å². The Kier molecular flexibility index (Phi) is 4.80. The summed E-state index contributed by atoms with van der Waals surface area (Å²) >= 11 is 0. The number of sulfonamides is 1. The van der Waals surface area contributed by atoms with Gasteiger partial charge < -0.3 is 10.6 Å². The predicted octanol–water partition coefficient (Wildman–Crippen LogP) is 0.611. The Morgan fingerprint density at radius 1 is 1.25 bits per heavy atom. The number of hydrogen-bond acceptors (Lipinski definition) is 4. The summed E-state index contributed by atoms with van der Waals surface area (Å²) in [4.78, 5) is 2.16. The lowest BCUT2D eigenvalue weighted by atomic mass is 10.1. The minimum absolute atomic E-state index is 0.0174. The van der Waals surface area contributed by atoms with Crippen LogP contribution in [-0.2, 0) is 22.3 Å². The van der Waals surface area contributed by atoms with E-state index in [2.05, 4.69) is 4.90 Å². The predicted molar refractivity (Wildman–Crippen MR) is 80.6 cm³/mol. The van der Waals surface area contributed by atoms with Crippen LogP contribution in [0.2, 0.25) is 0 Å². The molecule has 0 aromatic heterocycles. The summed E-state index contributed by atoms with van der Waals surface area (Å²) in [5, 5.41) is 0. The third-order valence-corrected chi connectivity index (χ3v) is 5.74. The third kappa shape index (κ3) is 3.38. The Morgan fingerprint density at radius 2 is 1.90 bits per heavy atom. The highest BCUT2D eigenvalue weighted by Crippen LogP contribution is 2.19. The molecular formula is C14H23N3O2S. The average molecular weight is 297 g/mol. The molecule has 1 heterocycles. The molecule has 2 N–H and O–H groups in total. The fourth-order valence-electron chi connectivity index (χ4n) is 2.71. The molecule has 2 rings (SSSR count). The first-order valence-corrected chi connectivity index (χ1v) is 8.50. The molecule has 1 saturated heterocycles. The topological polar surface area (TPSA) is 66.6 Å². The van der Waals surface area contributed by atoms with E-state index in [9.17, 15) is 8.42 Å². The maximum absolute atomic E-state index is 12.6. The van der Waals surface area contributed by atoms with Gasteiger partial charge >= 0.3 is 0 Å². The number of hydrogen-bond donors (Lipinski definition) is 1. The van der Waals surface area contributed by atoms with Gasteiger partial charge in [0.2, 0.25) is 10.0 Å². The summed E-state index contributed by atoms with van der Waals surface area (Å²) in [5.41, 5.74) is 7.39. The van der Waals surface area contributed by atoms with Crippen molar-refractivity contribution in [1.82, 2.24) is 9.21 Å². The molecule has 0 spiro atoms. The van der Waals surface area contributed by atoms with Crippen molar-refractivity contribution in [2.75, 3.05) is 26.7 Å². The van der Waals surface area contributed by atoms with Gasteiger partial charge in [0.1, 0.15) is 0 Å². The first-order valence-electron chi connectivity index (χ1n) is 6.89. The van der Waals surface area contributed by atoms with E-state index in [4.69, 9.17) is 5.73 Å². The smallest absolute Gasteiger partial charge is 0.218 e. The van der Waals surface area contributed by atoms with Crippen molar-refractivity contribution in [3.05, 3.63) is 35.4 Å². The Bertz CT molecular complexity index is 559. The number of likely N-dealkylation sites (N-methyl/N-ethyl adjacent to an activating group) is 1. The monoisotopic (exact) mass is 297 g/mol. The lowest BCUT2D eigenvalue weighted by Gasteiger charge is -2.37. The van der Waals surface area contributed by atoms with Gasteiger partial charge in [0, 0.05) is 32.2 Å². The zero-order valence-electron chi connectivity index (χ0n) is 12.1. The summed E-state index contributed by atoms with van der Waals surface area (Å²) in [6.07, 6.45) is 0. The van der Waals surface area contributed by atoms with E-state index in [1.807, 2.05) is 38.2 Å². The van der Waals surface area contributed by atoms with Gasteiger partial charge in [-0.2, -0.15) is 4.31 Å². The summed E-state index contributed by atoms with van der Waals surface area (Å²) in [6.45, 7) is 4.44. The lowest BCUT2D eigenvalue weighted by Crippen LogP contribution is -2.52. The van der Waals surface area contributed by atoms with Crippen LogP contribution in [0.25, 0.3) is 0 Å². The van der Waals surface area contributed by atoms with Crippen LogP contribution in [0.3, 0.4) is 0 Å². The molecule has 0 radical (unpaired) electrons. The van der Waals surface area contributed by atoms with Gasteiger partial charge in [0.05, 0.1) is 5.75 Å². The van der Waals surface area contributed by atoms with E-state index >= 15 is 0 Å². The van der Waals surface area contributed by atoms with Crippen LogP contribution < -0.4 is 5.73 Å². The summed E-state index contributed by atoms with van der Waals surface area (Å²) in [5.74, 6) is 0.0361. The average Bonchev–Trinajstić information content (AvgIpc) is 2.38. The molecule has 20 heavy (non-hydrogen) atoms. The molecular weight excluding hydrogens is 274 g/mol. The van der Waals surface area contributed by atoms with E-state index in [1.165, 1.54) is 0 Å². The molecule has 5 nitrogen and oxygen atoms in total. The van der Waals surface area contributed by atoms with E-state index in [0.29, 0.717) is 13.1 Å². The van der Waals surface area contributed by atoms with Gasteiger partial charge in [0.25, 0.3) is 0 Å². The van der Waals surface area contributed by atoms with Crippen molar-refractivity contribution < 1.29 is 8.42 Å². The molecule has 0 bridgehead atoms. The van der Waals surface area contributed by atoms with Crippen molar-refractivity contribution in [1.29, 1.82) is 0 Å². The molecule has 1 aliphatic rings. The Balaban J connectivity index is 2.19. The first kappa shape index (κ1) is 15.4. The third-order valence-electron chi connectivity index (χ3n) is 3.80. The highest BCUT2D eigenvalue weighted by Gasteiger charge is 2.31. The quantitative estimate of drug-likeness (QED) is 0.884. The molecule has 1 fully saturated rings. The van der Waals surface area contributed by atoms with Crippen molar-refractivity contribution in [3.8, 4) is 0 Å². The second-order valence-electron chi connectivity index (χ2n) is 5.45. The summed E-state index contributed by atoms with van der Waals surface area (Å²) < 4.78 is 26.8. The van der Waals surface area contributed by atoms with Gasteiger partial charge in [-0.05, 0) is 25.1 Å². The zero-order chi connectivity index (χ0) is 14.8. The maximum atomic E-state index is 12.6. The number of nitrogens with two attached hydrogens (primary N) is 1. The fourth-order valence-corrected chi connectivity index (χ4v) is 4.53.